The molecule has 0 saturated heterocycles. The first kappa shape index (κ1) is 24.9. The van der Waals surface area contributed by atoms with E-state index in [1.165, 1.54) is 0 Å². The Morgan fingerprint density at radius 2 is 1.71 bits per heavy atom. The van der Waals surface area contributed by atoms with Crippen LogP contribution in [-0.2, 0) is 16.4 Å². The number of nitrogens with zero attached hydrogens (tertiary/aromatic N) is 1. The summed E-state index contributed by atoms with van der Waals surface area (Å²) in [5.41, 5.74) is 1.77. The van der Waals surface area contributed by atoms with Crippen molar-refractivity contribution < 1.29 is 22.7 Å². The quantitative estimate of drug-likeness (QED) is 0.422. The molecule has 2 unspecified atom stereocenters. The number of hydrogen-bond donors (Lipinski definition) is 1. The second-order valence-electron chi connectivity index (χ2n) is 8.84. The van der Waals surface area contributed by atoms with E-state index in [1.54, 1.807) is 80.2 Å². The van der Waals surface area contributed by atoms with Gasteiger partial charge in [-0.15, -0.1) is 0 Å². The van der Waals surface area contributed by atoms with Gasteiger partial charge >= 0.3 is 0 Å². The molecular weight excluding hydrogens is 464 g/mol. The molecule has 8 heteroatoms. The SMILES string of the molecule is COc1ccc(C(Cc2ccncc2)C(C(=O)c2ccccc2)S(N)(=O)=O)cc1OC1CCCC1. The van der Waals surface area contributed by atoms with Gasteiger partial charge in [0.25, 0.3) is 0 Å². The van der Waals surface area contributed by atoms with E-state index in [1.807, 2.05) is 0 Å². The first-order chi connectivity index (χ1) is 16.9. The Bertz CT molecular complexity index is 1240. The first-order valence-corrected chi connectivity index (χ1v) is 13.3. The molecule has 4 rings (SSSR count). The van der Waals surface area contributed by atoms with Gasteiger partial charge < -0.3 is 9.47 Å². The summed E-state index contributed by atoms with van der Waals surface area (Å²) in [6, 6.07) is 17.3. The van der Waals surface area contributed by atoms with Gasteiger partial charge in [-0.3, -0.25) is 9.78 Å². The van der Waals surface area contributed by atoms with Gasteiger partial charge in [-0.1, -0.05) is 36.4 Å². The molecule has 0 spiro atoms. The molecule has 1 aliphatic rings. The maximum absolute atomic E-state index is 13.6. The largest absolute Gasteiger partial charge is 0.493 e. The Morgan fingerprint density at radius 3 is 2.34 bits per heavy atom. The minimum Gasteiger partial charge on any atom is -0.493 e. The zero-order chi connectivity index (χ0) is 24.8. The second-order valence-corrected chi connectivity index (χ2v) is 10.5. The normalized spacial score (nSPS) is 15.9. The molecule has 7 nitrogen and oxygen atoms in total. The number of pyridine rings is 1. The number of carbonyl (C=O) groups excluding carboxylic acids is 1. The van der Waals surface area contributed by atoms with Crippen molar-refractivity contribution in [2.45, 2.75) is 49.4 Å². The molecule has 35 heavy (non-hydrogen) atoms. The minimum absolute atomic E-state index is 0.0813. The van der Waals surface area contributed by atoms with Gasteiger partial charge in [0.1, 0.15) is 5.25 Å². The minimum atomic E-state index is -4.27. The fourth-order valence-electron chi connectivity index (χ4n) is 4.70. The second kappa shape index (κ2) is 11.0. The lowest BCUT2D eigenvalue weighted by Gasteiger charge is -2.26. The molecular formula is C27H30N2O5S. The highest BCUT2D eigenvalue weighted by Gasteiger charge is 2.39. The molecule has 2 atom stereocenters. The van der Waals surface area contributed by atoms with E-state index >= 15 is 0 Å². The van der Waals surface area contributed by atoms with Crippen LogP contribution in [0, 0.1) is 0 Å². The summed E-state index contributed by atoms with van der Waals surface area (Å²) in [5.74, 6) is -0.194. The zero-order valence-electron chi connectivity index (χ0n) is 19.7. The van der Waals surface area contributed by atoms with Gasteiger partial charge in [-0.05, 0) is 67.5 Å². The summed E-state index contributed by atoms with van der Waals surface area (Å²) in [4.78, 5) is 17.6. The molecule has 3 aromatic rings. The van der Waals surface area contributed by atoms with Crippen molar-refractivity contribution in [2.24, 2.45) is 5.14 Å². The summed E-state index contributed by atoms with van der Waals surface area (Å²) in [5, 5.41) is 4.24. The number of sulfonamides is 1. The lowest BCUT2D eigenvalue weighted by Crippen LogP contribution is -2.41. The molecule has 1 fully saturated rings. The third-order valence-electron chi connectivity index (χ3n) is 6.45. The van der Waals surface area contributed by atoms with Gasteiger partial charge in [0, 0.05) is 23.9 Å². The van der Waals surface area contributed by atoms with Gasteiger partial charge in [0.2, 0.25) is 10.0 Å². The summed E-state index contributed by atoms with van der Waals surface area (Å²) in [6.07, 6.45) is 7.77. The fraction of sp³-hybridized carbons (Fsp3) is 0.333. The Hall–Kier alpha value is -3.23. The molecule has 184 valence electrons. The topological polar surface area (TPSA) is 109 Å². The zero-order valence-corrected chi connectivity index (χ0v) is 20.5. The van der Waals surface area contributed by atoms with E-state index in [0.717, 1.165) is 31.2 Å². The number of hydrogen-bond acceptors (Lipinski definition) is 6. The van der Waals surface area contributed by atoms with E-state index in [9.17, 15) is 13.2 Å². The van der Waals surface area contributed by atoms with Crippen LogP contribution in [0.25, 0.3) is 0 Å². The highest BCUT2D eigenvalue weighted by atomic mass is 32.2. The number of rotatable bonds is 10. The van der Waals surface area contributed by atoms with Crippen LogP contribution < -0.4 is 14.6 Å². The van der Waals surface area contributed by atoms with Crippen molar-refractivity contribution >= 4 is 15.8 Å². The number of nitrogens with two attached hydrogens (primary N) is 1. The number of benzene rings is 2. The van der Waals surface area contributed by atoms with Crippen molar-refractivity contribution in [1.82, 2.24) is 4.98 Å². The number of Topliss-reactive ketones (excluding diaryl/α,β-unsaturated/α-hetero) is 1. The third kappa shape index (κ3) is 6.07. The van der Waals surface area contributed by atoms with Crippen LogP contribution in [0.1, 0.15) is 53.1 Å². The van der Waals surface area contributed by atoms with Crippen molar-refractivity contribution in [3.63, 3.8) is 0 Å². The van der Waals surface area contributed by atoms with Crippen LogP contribution in [0.2, 0.25) is 0 Å². The Kier molecular flexibility index (Phi) is 7.83. The van der Waals surface area contributed by atoms with E-state index in [0.29, 0.717) is 22.6 Å². The van der Waals surface area contributed by atoms with Crippen LogP contribution >= 0.6 is 0 Å². The van der Waals surface area contributed by atoms with Gasteiger partial charge in [0.15, 0.2) is 17.3 Å². The molecule has 0 aliphatic heterocycles. The van der Waals surface area contributed by atoms with Crippen molar-refractivity contribution in [2.75, 3.05) is 7.11 Å². The van der Waals surface area contributed by atoms with E-state index in [2.05, 4.69) is 4.98 Å². The predicted octanol–water partition coefficient (Wildman–Crippen LogP) is 4.28. The average molecular weight is 495 g/mol. The maximum atomic E-state index is 13.6. The summed E-state index contributed by atoms with van der Waals surface area (Å²) < 4.78 is 37.6. The number of methoxy groups -OCH3 is 1. The maximum Gasteiger partial charge on any atom is 0.220 e. The molecule has 0 bridgehead atoms. The standard InChI is InChI=1S/C27H30N2O5S/c1-33-24-12-11-21(18-25(24)34-22-9-5-6-10-22)23(17-19-13-15-29-16-14-19)27(35(28,31)32)26(30)20-7-3-2-4-8-20/h2-4,7-8,11-16,18,22-23,27H,5-6,9-10,17H2,1H3,(H2,28,31,32). The smallest absolute Gasteiger partial charge is 0.220 e. The Balaban J connectivity index is 1.80. The molecule has 2 N–H and O–H groups in total. The average Bonchev–Trinajstić information content (AvgIpc) is 3.37. The molecule has 2 aromatic carbocycles. The number of ether oxygens (including phenoxy) is 2. The summed E-state index contributed by atoms with van der Waals surface area (Å²) >= 11 is 0. The van der Waals surface area contributed by atoms with Crippen LogP contribution in [0.3, 0.4) is 0 Å². The number of ketones is 1. The van der Waals surface area contributed by atoms with E-state index < -0.39 is 27.0 Å². The number of carbonyl (C=O) groups is 1. The third-order valence-corrected chi connectivity index (χ3v) is 7.70. The highest BCUT2D eigenvalue weighted by molar-refractivity contribution is 7.90. The van der Waals surface area contributed by atoms with Crippen LogP contribution in [-0.4, -0.2) is 37.6 Å². The van der Waals surface area contributed by atoms with Crippen LogP contribution in [0.5, 0.6) is 11.5 Å². The van der Waals surface area contributed by atoms with Crippen molar-refractivity contribution in [3.05, 3.63) is 89.7 Å². The first-order valence-electron chi connectivity index (χ1n) is 11.7. The van der Waals surface area contributed by atoms with Crippen molar-refractivity contribution in [1.29, 1.82) is 0 Å². The fourth-order valence-corrected chi connectivity index (χ4v) is 5.85. The lowest BCUT2D eigenvalue weighted by atomic mass is 9.86. The predicted molar refractivity (Wildman–Crippen MR) is 134 cm³/mol. The summed E-state index contributed by atoms with van der Waals surface area (Å²) in [7, 11) is -2.70. The van der Waals surface area contributed by atoms with Crippen molar-refractivity contribution in [3.8, 4) is 11.5 Å². The molecule has 0 amide bonds. The van der Waals surface area contributed by atoms with Crippen LogP contribution in [0.15, 0.2) is 73.1 Å². The lowest BCUT2D eigenvalue weighted by molar-refractivity contribution is 0.0977. The molecule has 1 saturated carbocycles. The molecule has 1 aliphatic carbocycles. The summed E-state index contributed by atoms with van der Waals surface area (Å²) in [6.45, 7) is 0. The van der Waals surface area contributed by atoms with Gasteiger partial charge in [-0.25, -0.2) is 13.6 Å². The number of primary sulfonamides is 1. The van der Waals surface area contributed by atoms with E-state index in [4.69, 9.17) is 14.6 Å². The molecule has 1 aromatic heterocycles. The van der Waals surface area contributed by atoms with Gasteiger partial charge in [-0.2, -0.15) is 0 Å². The molecule has 0 radical (unpaired) electrons. The Morgan fingerprint density at radius 1 is 1.03 bits per heavy atom. The highest BCUT2D eigenvalue weighted by Crippen LogP contribution is 2.37. The number of aromatic nitrogens is 1. The van der Waals surface area contributed by atoms with Crippen LogP contribution in [0.4, 0.5) is 0 Å². The molecule has 1 heterocycles. The van der Waals surface area contributed by atoms with Gasteiger partial charge in [0.05, 0.1) is 13.2 Å². The monoisotopic (exact) mass is 494 g/mol. The Labute approximate surface area is 206 Å². The van der Waals surface area contributed by atoms with E-state index in [-0.39, 0.29) is 12.5 Å².